The maximum Gasteiger partial charge on any atom is 0.276 e. The second kappa shape index (κ2) is 3.94. The summed E-state index contributed by atoms with van der Waals surface area (Å²) in [6.07, 6.45) is 3.50. The van der Waals surface area contributed by atoms with Crippen LogP contribution in [-0.2, 0) is 0 Å². The lowest BCUT2D eigenvalue weighted by Crippen LogP contribution is -2.15. The highest BCUT2D eigenvalue weighted by Gasteiger charge is 2.17. The second-order valence-electron chi connectivity index (χ2n) is 3.39. The lowest BCUT2D eigenvalue weighted by Gasteiger charge is -2.00. The van der Waals surface area contributed by atoms with Crippen LogP contribution >= 0.6 is 22.7 Å². The minimum atomic E-state index is -0.177. The molecule has 17 heavy (non-hydrogen) atoms. The van der Waals surface area contributed by atoms with E-state index in [0.29, 0.717) is 10.8 Å². The number of thiazole rings is 2. The van der Waals surface area contributed by atoms with E-state index in [1.807, 2.05) is 23.9 Å². The Hall–Kier alpha value is -1.73. The minimum Gasteiger partial charge on any atom is -0.296 e. The highest BCUT2D eigenvalue weighted by molar-refractivity contribution is 7.15. The van der Waals surface area contributed by atoms with E-state index in [4.69, 9.17) is 0 Å². The van der Waals surface area contributed by atoms with Crippen LogP contribution in [0.4, 0.5) is 5.13 Å². The van der Waals surface area contributed by atoms with Crippen molar-refractivity contribution < 1.29 is 4.79 Å². The van der Waals surface area contributed by atoms with Crippen molar-refractivity contribution in [1.29, 1.82) is 0 Å². The van der Waals surface area contributed by atoms with Gasteiger partial charge in [-0.25, -0.2) is 9.97 Å². The number of carbonyl (C=O) groups excluding carboxylic acids is 1. The zero-order valence-electron chi connectivity index (χ0n) is 8.88. The van der Waals surface area contributed by atoms with Crippen LogP contribution in [0.1, 0.15) is 16.2 Å². The molecule has 5 nitrogen and oxygen atoms in total. The van der Waals surface area contributed by atoms with E-state index in [0.717, 1.165) is 10.7 Å². The van der Waals surface area contributed by atoms with Crippen LogP contribution in [0.15, 0.2) is 23.2 Å². The van der Waals surface area contributed by atoms with Crippen molar-refractivity contribution in [2.24, 2.45) is 0 Å². The Morgan fingerprint density at radius 3 is 3.06 bits per heavy atom. The first-order valence-corrected chi connectivity index (χ1v) is 6.64. The van der Waals surface area contributed by atoms with Gasteiger partial charge in [-0.05, 0) is 6.92 Å². The summed E-state index contributed by atoms with van der Waals surface area (Å²) in [4.78, 5) is 21.3. The van der Waals surface area contributed by atoms with Crippen molar-refractivity contribution in [1.82, 2.24) is 14.4 Å². The molecule has 0 bridgehead atoms. The average molecular weight is 264 g/mol. The standard InChI is InChI=1S/C10H8N4OS2/c1-6-7(14-3-5-17-10(14)12-6)8(15)13-9-11-2-4-16-9/h2-5H,1H3,(H,11,13,15). The SMILES string of the molecule is Cc1nc2sccn2c1C(=O)Nc1nccs1. The van der Waals surface area contributed by atoms with Crippen molar-refractivity contribution >= 4 is 38.7 Å². The van der Waals surface area contributed by atoms with Gasteiger partial charge >= 0.3 is 0 Å². The number of hydrogen-bond acceptors (Lipinski definition) is 5. The minimum absolute atomic E-state index is 0.177. The molecule has 1 N–H and O–H groups in total. The first-order valence-electron chi connectivity index (χ1n) is 4.88. The number of amides is 1. The fourth-order valence-corrected chi connectivity index (χ4v) is 2.89. The van der Waals surface area contributed by atoms with E-state index < -0.39 is 0 Å². The Labute approximate surface area is 105 Å². The van der Waals surface area contributed by atoms with Gasteiger partial charge in [-0.15, -0.1) is 22.7 Å². The number of imidazole rings is 1. The molecule has 0 saturated carbocycles. The van der Waals surface area contributed by atoms with E-state index in [1.165, 1.54) is 22.7 Å². The summed E-state index contributed by atoms with van der Waals surface area (Å²) in [5, 5.41) is 7.08. The third kappa shape index (κ3) is 1.73. The van der Waals surface area contributed by atoms with Gasteiger partial charge in [-0.1, -0.05) is 0 Å². The summed E-state index contributed by atoms with van der Waals surface area (Å²) < 4.78 is 1.79. The van der Waals surface area contributed by atoms with Crippen LogP contribution in [0, 0.1) is 6.92 Å². The highest BCUT2D eigenvalue weighted by atomic mass is 32.1. The lowest BCUT2D eigenvalue weighted by molar-refractivity contribution is 0.102. The van der Waals surface area contributed by atoms with Gasteiger partial charge < -0.3 is 0 Å². The molecule has 0 atom stereocenters. The molecule has 3 aromatic rings. The van der Waals surface area contributed by atoms with Crippen molar-refractivity contribution in [2.45, 2.75) is 6.92 Å². The fourth-order valence-electron chi connectivity index (χ4n) is 1.61. The van der Waals surface area contributed by atoms with Crippen LogP contribution < -0.4 is 5.32 Å². The van der Waals surface area contributed by atoms with Crippen molar-refractivity contribution in [3.05, 3.63) is 34.5 Å². The van der Waals surface area contributed by atoms with Gasteiger partial charge in [0, 0.05) is 23.2 Å². The van der Waals surface area contributed by atoms with Crippen molar-refractivity contribution in [3.8, 4) is 0 Å². The van der Waals surface area contributed by atoms with E-state index in [9.17, 15) is 4.79 Å². The molecule has 0 radical (unpaired) electrons. The number of aromatic nitrogens is 3. The molecule has 0 saturated heterocycles. The molecule has 7 heteroatoms. The van der Waals surface area contributed by atoms with Crippen LogP contribution in [0.3, 0.4) is 0 Å². The molecular weight excluding hydrogens is 256 g/mol. The largest absolute Gasteiger partial charge is 0.296 e. The summed E-state index contributed by atoms with van der Waals surface area (Å²) in [6.45, 7) is 1.83. The number of rotatable bonds is 2. The highest BCUT2D eigenvalue weighted by Crippen LogP contribution is 2.19. The van der Waals surface area contributed by atoms with Crippen molar-refractivity contribution in [2.75, 3.05) is 5.32 Å². The number of fused-ring (bicyclic) bond motifs is 1. The number of carbonyl (C=O) groups is 1. The topological polar surface area (TPSA) is 59.3 Å². The summed E-state index contributed by atoms with van der Waals surface area (Å²) in [5.74, 6) is -0.177. The van der Waals surface area contributed by atoms with Crippen LogP contribution in [0.5, 0.6) is 0 Å². The summed E-state index contributed by atoms with van der Waals surface area (Å²) in [7, 11) is 0. The predicted molar refractivity (Wildman–Crippen MR) is 67.9 cm³/mol. The molecule has 0 aliphatic rings. The maximum atomic E-state index is 12.1. The summed E-state index contributed by atoms with van der Waals surface area (Å²) in [5.41, 5.74) is 1.29. The van der Waals surface area contributed by atoms with Gasteiger partial charge in [0.1, 0.15) is 5.69 Å². The molecule has 0 aromatic carbocycles. The maximum absolute atomic E-state index is 12.1. The van der Waals surface area contributed by atoms with E-state index in [1.54, 1.807) is 10.6 Å². The lowest BCUT2D eigenvalue weighted by atomic mass is 10.3. The summed E-state index contributed by atoms with van der Waals surface area (Å²) in [6, 6.07) is 0. The molecular formula is C10H8N4OS2. The molecule has 3 aromatic heterocycles. The molecule has 86 valence electrons. The number of nitrogens with zero attached hydrogens (tertiary/aromatic N) is 3. The normalized spacial score (nSPS) is 10.9. The molecule has 0 unspecified atom stereocenters. The molecule has 1 amide bonds. The van der Waals surface area contributed by atoms with E-state index >= 15 is 0 Å². The number of hydrogen-bond donors (Lipinski definition) is 1. The van der Waals surface area contributed by atoms with Crippen molar-refractivity contribution in [3.63, 3.8) is 0 Å². The van der Waals surface area contributed by atoms with Gasteiger partial charge in [0.25, 0.3) is 5.91 Å². The van der Waals surface area contributed by atoms with E-state index in [2.05, 4.69) is 15.3 Å². The number of anilines is 1. The zero-order chi connectivity index (χ0) is 11.8. The third-order valence-electron chi connectivity index (χ3n) is 2.30. The third-order valence-corrected chi connectivity index (χ3v) is 3.75. The zero-order valence-corrected chi connectivity index (χ0v) is 10.5. The van der Waals surface area contributed by atoms with Crippen LogP contribution in [-0.4, -0.2) is 20.3 Å². The van der Waals surface area contributed by atoms with Crippen LogP contribution in [0.2, 0.25) is 0 Å². The Kier molecular flexibility index (Phi) is 2.41. The Bertz CT molecular complexity index is 668. The van der Waals surface area contributed by atoms with Gasteiger partial charge in [0.15, 0.2) is 10.1 Å². The van der Waals surface area contributed by atoms with Gasteiger partial charge in [-0.2, -0.15) is 0 Å². The van der Waals surface area contributed by atoms with Gasteiger partial charge in [-0.3, -0.25) is 14.5 Å². The first-order chi connectivity index (χ1) is 8.25. The molecule has 0 spiro atoms. The van der Waals surface area contributed by atoms with Gasteiger partial charge in [0.2, 0.25) is 0 Å². The van der Waals surface area contributed by atoms with Crippen LogP contribution in [0.25, 0.3) is 4.96 Å². The predicted octanol–water partition coefficient (Wildman–Crippen LogP) is 2.41. The molecule has 0 aliphatic carbocycles. The molecule has 3 rings (SSSR count). The number of nitrogens with one attached hydrogen (secondary N) is 1. The average Bonchev–Trinajstić information content (AvgIpc) is 2.93. The van der Waals surface area contributed by atoms with E-state index in [-0.39, 0.29) is 5.91 Å². The number of aryl methyl sites for hydroxylation is 1. The first kappa shape index (κ1) is 10.4. The summed E-state index contributed by atoms with van der Waals surface area (Å²) >= 11 is 2.90. The Balaban J connectivity index is 2.00. The fraction of sp³-hybridized carbons (Fsp3) is 0.100. The monoisotopic (exact) mass is 264 g/mol. The molecule has 0 aliphatic heterocycles. The van der Waals surface area contributed by atoms with Gasteiger partial charge in [0.05, 0.1) is 5.69 Å². The Morgan fingerprint density at radius 2 is 2.29 bits per heavy atom. The Morgan fingerprint density at radius 1 is 1.41 bits per heavy atom. The quantitative estimate of drug-likeness (QED) is 0.773. The molecule has 3 heterocycles. The molecule has 0 fully saturated rings. The second-order valence-corrected chi connectivity index (χ2v) is 5.16. The smallest absolute Gasteiger partial charge is 0.276 e.